The third-order valence-corrected chi connectivity index (χ3v) is 4.68. The molecule has 1 aliphatic rings. The molecule has 1 fully saturated rings. The van der Waals surface area contributed by atoms with E-state index >= 15 is 0 Å². The molecule has 0 radical (unpaired) electrons. The van der Waals surface area contributed by atoms with E-state index in [-0.39, 0.29) is 6.61 Å². The quantitative estimate of drug-likeness (QED) is 0.774. The van der Waals surface area contributed by atoms with Crippen LogP contribution in [0.4, 0.5) is 4.39 Å². The lowest BCUT2D eigenvalue weighted by Gasteiger charge is -2.23. The van der Waals surface area contributed by atoms with Crippen molar-refractivity contribution in [2.75, 3.05) is 6.61 Å². The van der Waals surface area contributed by atoms with Crippen LogP contribution in [-0.4, -0.2) is 24.6 Å². The minimum Gasteiger partial charge on any atom is -0.462 e. The van der Waals surface area contributed by atoms with Crippen molar-refractivity contribution < 1.29 is 23.5 Å². The second-order valence-electron chi connectivity index (χ2n) is 7.24. The lowest BCUT2D eigenvalue weighted by molar-refractivity contribution is -0.164. The van der Waals surface area contributed by atoms with Crippen LogP contribution in [0, 0.1) is 11.2 Å². The van der Waals surface area contributed by atoms with Crippen molar-refractivity contribution in [1.82, 2.24) is 0 Å². The minimum atomic E-state index is -0.939. The molecule has 0 saturated carbocycles. The molecule has 0 N–H and O–H groups in total. The average Bonchev–Trinajstić information content (AvgIpc) is 2.88. The van der Waals surface area contributed by atoms with Gasteiger partial charge in [-0.25, -0.2) is 9.18 Å². The van der Waals surface area contributed by atoms with Crippen LogP contribution in [0.3, 0.4) is 0 Å². The molecule has 136 valence electrons. The van der Waals surface area contributed by atoms with Crippen LogP contribution in [0.1, 0.15) is 32.3 Å². The Morgan fingerprint density at radius 2 is 1.92 bits per heavy atom. The highest BCUT2D eigenvalue weighted by molar-refractivity contribution is 5.84. The first kappa shape index (κ1) is 18.1. The molecule has 1 aliphatic heterocycles. The molecule has 0 amide bonds. The number of carbonyl (C=O) groups is 2. The van der Waals surface area contributed by atoms with E-state index in [1.807, 2.05) is 30.3 Å². The summed E-state index contributed by atoms with van der Waals surface area (Å²) >= 11 is 0. The molecule has 2 aromatic carbocycles. The number of halogens is 1. The zero-order chi connectivity index (χ0) is 18.9. The number of cyclic esters (lactones) is 1. The number of rotatable bonds is 4. The molecule has 0 aliphatic carbocycles. The molecule has 0 aromatic heterocycles. The number of hydrogen-bond donors (Lipinski definition) is 0. The molecule has 3 rings (SSSR count). The molecule has 2 unspecified atom stereocenters. The van der Waals surface area contributed by atoms with Gasteiger partial charge in [-0.05, 0) is 24.1 Å². The lowest BCUT2D eigenvalue weighted by atomic mass is 9.89. The van der Waals surface area contributed by atoms with Crippen molar-refractivity contribution in [2.45, 2.75) is 32.8 Å². The van der Waals surface area contributed by atoms with Gasteiger partial charge in [0.1, 0.15) is 12.4 Å². The van der Waals surface area contributed by atoms with Gasteiger partial charge in [-0.1, -0.05) is 56.3 Å². The van der Waals surface area contributed by atoms with Crippen LogP contribution in [0.5, 0.6) is 0 Å². The maximum absolute atomic E-state index is 14.5. The summed E-state index contributed by atoms with van der Waals surface area (Å²) in [5, 5.41) is 0. The highest BCUT2D eigenvalue weighted by Gasteiger charge is 2.47. The molecule has 2 aromatic rings. The van der Waals surface area contributed by atoms with Gasteiger partial charge in [0.05, 0.1) is 5.92 Å². The van der Waals surface area contributed by atoms with Gasteiger partial charge in [-0.2, -0.15) is 0 Å². The molecular weight excluding hydrogens is 335 g/mol. The van der Waals surface area contributed by atoms with E-state index in [2.05, 4.69) is 0 Å². The Hall–Kier alpha value is -2.69. The van der Waals surface area contributed by atoms with Crippen molar-refractivity contribution in [3.63, 3.8) is 0 Å². The summed E-state index contributed by atoms with van der Waals surface area (Å²) in [5.41, 5.74) is 1.16. The highest BCUT2D eigenvalue weighted by atomic mass is 19.1. The molecule has 4 nitrogen and oxygen atoms in total. The van der Waals surface area contributed by atoms with Crippen LogP contribution in [0.2, 0.25) is 0 Å². The fraction of sp³-hybridized carbons (Fsp3) is 0.333. The second kappa shape index (κ2) is 6.90. The highest BCUT2D eigenvalue weighted by Crippen LogP contribution is 2.33. The van der Waals surface area contributed by atoms with E-state index in [0.29, 0.717) is 11.1 Å². The zero-order valence-electron chi connectivity index (χ0n) is 15.0. The van der Waals surface area contributed by atoms with Gasteiger partial charge in [-0.15, -0.1) is 0 Å². The van der Waals surface area contributed by atoms with Gasteiger partial charge in [-0.3, -0.25) is 4.79 Å². The Kier molecular flexibility index (Phi) is 4.81. The van der Waals surface area contributed by atoms with E-state index in [0.717, 1.165) is 5.56 Å². The SMILES string of the molecule is CC(C(=O)OC1C(=O)OCC1(C)C)c1ccc(-c2ccccc2)c(F)c1. The summed E-state index contributed by atoms with van der Waals surface area (Å²) in [6.45, 7) is 5.44. The Balaban J connectivity index is 1.77. The van der Waals surface area contributed by atoms with E-state index < -0.39 is 35.2 Å². The van der Waals surface area contributed by atoms with Gasteiger partial charge in [0.2, 0.25) is 6.10 Å². The summed E-state index contributed by atoms with van der Waals surface area (Å²) in [4.78, 5) is 24.2. The third kappa shape index (κ3) is 3.47. The number of ether oxygens (including phenoxy) is 2. The van der Waals surface area contributed by atoms with E-state index in [1.165, 1.54) is 6.07 Å². The number of esters is 2. The van der Waals surface area contributed by atoms with E-state index in [1.54, 1.807) is 32.9 Å². The first-order chi connectivity index (χ1) is 12.3. The summed E-state index contributed by atoms with van der Waals surface area (Å²) in [6.07, 6.45) is -0.939. The maximum Gasteiger partial charge on any atom is 0.348 e. The van der Waals surface area contributed by atoms with Crippen LogP contribution >= 0.6 is 0 Å². The van der Waals surface area contributed by atoms with Crippen molar-refractivity contribution in [1.29, 1.82) is 0 Å². The molecule has 0 spiro atoms. The molecule has 1 saturated heterocycles. The number of benzene rings is 2. The van der Waals surface area contributed by atoms with Crippen LogP contribution < -0.4 is 0 Å². The molecule has 5 heteroatoms. The predicted octanol–water partition coefficient (Wildman–Crippen LogP) is 4.09. The molecule has 26 heavy (non-hydrogen) atoms. The summed E-state index contributed by atoms with van der Waals surface area (Å²) in [5.74, 6) is -2.22. The van der Waals surface area contributed by atoms with E-state index in [9.17, 15) is 14.0 Å². The first-order valence-corrected chi connectivity index (χ1v) is 8.51. The maximum atomic E-state index is 14.5. The van der Waals surface area contributed by atoms with Crippen LogP contribution in [-0.2, 0) is 19.1 Å². The normalized spacial score (nSPS) is 19.7. The van der Waals surface area contributed by atoms with Gasteiger partial charge < -0.3 is 9.47 Å². The molecule has 2 atom stereocenters. The standard InChI is InChI=1S/C21H21FO4/c1-13(19(23)26-18-20(24)25-12-21(18,2)3)15-9-10-16(17(22)11-15)14-7-5-4-6-8-14/h4-11,13,18H,12H2,1-3H3. The molecule has 0 bridgehead atoms. The predicted molar refractivity (Wildman–Crippen MR) is 94.9 cm³/mol. The minimum absolute atomic E-state index is 0.207. The summed E-state index contributed by atoms with van der Waals surface area (Å²) in [6, 6.07) is 13.9. The topological polar surface area (TPSA) is 52.6 Å². The van der Waals surface area contributed by atoms with Gasteiger partial charge in [0.15, 0.2) is 0 Å². The molecule has 1 heterocycles. The van der Waals surface area contributed by atoms with Gasteiger partial charge in [0.25, 0.3) is 0 Å². The monoisotopic (exact) mass is 356 g/mol. The largest absolute Gasteiger partial charge is 0.462 e. The van der Waals surface area contributed by atoms with Crippen LogP contribution in [0.25, 0.3) is 11.1 Å². The van der Waals surface area contributed by atoms with Crippen molar-refractivity contribution in [3.05, 3.63) is 59.9 Å². The van der Waals surface area contributed by atoms with Gasteiger partial charge >= 0.3 is 11.9 Å². The summed E-state index contributed by atoms with van der Waals surface area (Å²) < 4.78 is 24.9. The van der Waals surface area contributed by atoms with Crippen molar-refractivity contribution in [3.8, 4) is 11.1 Å². The Labute approximate surface area is 151 Å². The van der Waals surface area contributed by atoms with Crippen molar-refractivity contribution >= 4 is 11.9 Å². The van der Waals surface area contributed by atoms with Gasteiger partial charge in [0, 0.05) is 11.0 Å². The average molecular weight is 356 g/mol. The Morgan fingerprint density at radius 3 is 2.50 bits per heavy atom. The summed E-state index contributed by atoms with van der Waals surface area (Å²) in [7, 11) is 0. The second-order valence-corrected chi connectivity index (χ2v) is 7.24. The number of hydrogen-bond acceptors (Lipinski definition) is 4. The number of carbonyl (C=O) groups excluding carboxylic acids is 2. The van der Waals surface area contributed by atoms with Crippen LogP contribution in [0.15, 0.2) is 48.5 Å². The third-order valence-electron chi connectivity index (χ3n) is 4.68. The Morgan fingerprint density at radius 1 is 1.23 bits per heavy atom. The van der Waals surface area contributed by atoms with Crippen molar-refractivity contribution in [2.24, 2.45) is 5.41 Å². The molecular formula is C21H21FO4. The first-order valence-electron chi connectivity index (χ1n) is 8.51. The smallest absolute Gasteiger partial charge is 0.348 e. The van der Waals surface area contributed by atoms with E-state index in [4.69, 9.17) is 9.47 Å². The fourth-order valence-electron chi connectivity index (χ4n) is 2.94. The fourth-order valence-corrected chi connectivity index (χ4v) is 2.94. The lowest BCUT2D eigenvalue weighted by Crippen LogP contribution is -2.36. The Bertz CT molecular complexity index is 829. The zero-order valence-corrected chi connectivity index (χ0v) is 15.0.